The van der Waals surface area contributed by atoms with Crippen LogP contribution in [0.25, 0.3) is 0 Å². The number of hydrogen-bond donors (Lipinski definition) is 2. The van der Waals surface area contributed by atoms with Crippen molar-refractivity contribution in [2.24, 2.45) is 0 Å². The molecule has 0 heterocycles. The number of anilines is 1. The molecule has 6 nitrogen and oxygen atoms in total. The standard InChI is InChI=1S/C20H26N2O4/c1-13-6-7-15(14(2)10-13)8-9-21-20(23)22-16-11-17(24-3)19(26-5)18(12-16)25-4/h6-7,10-12H,8-9H2,1-5H3,(H2,21,22,23). The number of amides is 2. The third kappa shape index (κ3) is 4.81. The maximum atomic E-state index is 12.2. The van der Waals surface area contributed by atoms with Crippen molar-refractivity contribution in [1.82, 2.24) is 5.32 Å². The lowest BCUT2D eigenvalue weighted by atomic mass is 10.0. The summed E-state index contributed by atoms with van der Waals surface area (Å²) in [5, 5.41) is 5.65. The van der Waals surface area contributed by atoms with Crippen LogP contribution in [0.2, 0.25) is 0 Å². The van der Waals surface area contributed by atoms with Crippen LogP contribution >= 0.6 is 0 Å². The molecular weight excluding hydrogens is 332 g/mol. The average Bonchev–Trinajstić information content (AvgIpc) is 2.62. The first-order valence-corrected chi connectivity index (χ1v) is 8.39. The molecular formula is C20H26N2O4. The predicted octanol–water partition coefficient (Wildman–Crippen LogP) is 3.69. The number of rotatable bonds is 7. The van der Waals surface area contributed by atoms with Gasteiger partial charge in [-0.05, 0) is 31.4 Å². The van der Waals surface area contributed by atoms with Crippen LogP contribution in [-0.2, 0) is 6.42 Å². The second-order valence-corrected chi connectivity index (χ2v) is 5.97. The normalized spacial score (nSPS) is 10.2. The summed E-state index contributed by atoms with van der Waals surface area (Å²) in [4.78, 5) is 12.2. The first-order chi connectivity index (χ1) is 12.5. The van der Waals surface area contributed by atoms with Gasteiger partial charge in [-0.3, -0.25) is 0 Å². The van der Waals surface area contributed by atoms with Crippen LogP contribution in [0.4, 0.5) is 10.5 Å². The van der Waals surface area contributed by atoms with Gasteiger partial charge < -0.3 is 24.8 Å². The van der Waals surface area contributed by atoms with E-state index in [1.54, 1.807) is 12.1 Å². The molecule has 0 fully saturated rings. The van der Waals surface area contributed by atoms with Crippen molar-refractivity contribution >= 4 is 11.7 Å². The van der Waals surface area contributed by atoms with Gasteiger partial charge in [-0.15, -0.1) is 0 Å². The molecule has 6 heteroatoms. The van der Waals surface area contributed by atoms with Gasteiger partial charge in [0.25, 0.3) is 0 Å². The molecule has 0 saturated heterocycles. The van der Waals surface area contributed by atoms with E-state index in [2.05, 4.69) is 42.7 Å². The summed E-state index contributed by atoms with van der Waals surface area (Å²) in [7, 11) is 4.60. The van der Waals surface area contributed by atoms with Gasteiger partial charge in [-0.2, -0.15) is 0 Å². The van der Waals surface area contributed by atoms with E-state index in [0.29, 0.717) is 29.5 Å². The first kappa shape index (κ1) is 19.4. The minimum absolute atomic E-state index is 0.288. The van der Waals surface area contributed by atoms with E-state index in [4.69, 9.17) is 14.2 Å². The molecule has 0 aliphatic rings. The molecule has 0 spiro atoms. The maximum Gasteiger partial charge on any atom is 0.319 e. The number of carbonyl (C=O) groups is 1. The Bertz CT molecular complexity index is 749. The van der Waals surface area contributed by atoms with Crippen molar-refractivity contribution in [3.05, 3.63) is 47.0 Å². The minimum Gasteiger partial charge on any atom is -0.493 e. The number of carbonyl (C=O) groups excluding carboxylic acids is 1. The summed E-state index contributed by atoms with van der Waals surface area (Å²) in [5.74, 6) is 1.45. The lowest BCUT2D eigenvalue weighted by Crippen LogP contribution is -2.30. The van der Waals surface area contributed by atoms with Crippen molar-refractivity contribution in [3.8, 4) is 17.2 Å². The predicted molar refractivity (Wildman–Crippen MR) is 103 cm³/mol. The highest BCUT2D eigenvalue weighted by molar-refractivity contribution is 5.90. The van der Waals surface area contributed by atoms with Crippen LogP contribution in [0.1, 0.15) is 16.7 Å². The summed E-state index contributed by atoms with van der Waals surface area (Å²) in [6, 6.07) is 9.41. The Morgan fingerprint density at radius 2 is 1.62 bits per heavy atom. The van der Waals surface area contributed by atoms with Gasteiger partial charge in [0.1, 0.15) is 0 Å². The highest BCUT2D eigenvalue weighted by Gasteiger charge is 2.14. The quantitative estimate of drug-likeness (QED) is 0.792. The molecule has 0 radical (unpaired) electrons. The summed E-state index contributed by atoms with van der Waals surface area (Å²) in [5.41, 5.74) is 4.25. The SMILES string of the molecule is COc1cc(NC(=O)NCCc2ccc(C)cc2C)cc(OC)c1OC. The average molecular weight is 358 g/mol. The molecule has 0 saturated carbocycles. The minimum atomic E-state index is -0.288. The van der Waals surface area contributed by atoms with Crippen LogP contribution in [-0.4, -0.2) is 33.9 Å². The van der Waals surface area contributed by atoms with Crippen LogP contribution in [0.5, 0.6) is 17.2 Å². The molecule has 0 aliphatic heterocycles. The number of urea groups is 1. The van der Waals surface area contributed by atoms with Crippen molar-refractivity contribution in [3.63, 3.8) is 0 Å². The highest BCUT2D eigenvalue weighted by atomic mass is 16.5. The molecule has 2 amide bonds. The van der Waals surface area contributed by atoms with Crippen LogP contribution < -0.4 is 24.8 Å². The zero-order valence-corrected chi connectivity index (χ0v) is 15.9. The summed E-state index contributed by atoms with van der Waals surface area (Å²) < 4.78 is 15.8. The van der Waals surface area contributed by atoms with Gasteiger partial charge in [-0.1, -0.05) is 23.8 Å². The lowest BCUT2D eigenvalue weighted by Gasteiger charge is -2.15. The van der Waals surface area contributed by atoms with E-state index in [1.165, 1.54) is 38.0 Å². The largest absolute Gasteiger partial charge is 0.493 e. The van der Waals surface area contributed by atoms with Gasteiger partial charge in [0, 0.05) is 18.7 Å². The van der Waals surface area contributed by atoms with E-state index >= 15 is 0 Å². The smallest absolute Gasteiger partial charge is 0.319 e. The van der Waals surface area contributed by atoms with Crippen LogP contribution in [0.15, 0.2) is 30.3 Å². The van der Waals surface area contributed by atoms with E-state index in [-0.39, 0.29) is 6.03 Å². The Balaban J connectivity index is 1.97. The number of nitrogens with one attached hydrogen (secondary N) is 2. The Kier molecular flexibility index (Phi) is 6.72. The molecule has 26 heavy (non-hydrogen) atoms. The molecule has 2 rings (SSSR count). The number of aryl methyl sites for hydroxylation is 2. The first-order valence-electron chi connectivity index (χ1n) is 8.39. The zero-order valence-electron chi connectivity index (χ0n) is 15.9. The van der Waals surface area contributed by atoms with Crippen LogP contribution in [0.3, 0.4) is 0 Å². The summed E-state index contributed by atoms with van der Waals surface area (Å²) in [6.45, 7) is 4.69. The van der Waals surface area contributed by atoms with Gasteiger partial charge in [0.2, 0.25) is 5.75 Å². The molecule has 2 aromatic rings. The third-order valence-corrected chi connectivity index (χ3v) is 4.10. The number of benzene rings is 2. The van der Waals surface area contributed by atoms with E-state index in [0.717, 1.165) is 6.42 Å². The Morgan fingerprint density at radius 1 is 0.962 bits per heavy atom. The Hall–Kier alpha value is -2.89. The van der Waals surface area contributed by atoms with Crippen molar-refractivity contribution in [2.75, 3.05) is 33.2 Å². The highest BCUT2D eigenvalue weighted by Crippen LogP contribution is 2.39. The molecule has 0 unspecified atom stereocenters. The number of ether oxygens (including phenoxy) is 3. The lowest BCUT2D eigenvalue weighted by molar-refractivity contribution is 0.252. The number of methoxy groups -OCH3 is 3. The number of hydrogen-bond acceptors (Lipinski definition) is 4. The van der Waals surface area contributed by atoms with Crippen molar-refractivity contribution in [2.45, 2.75) is 20.3 Å². The fraction of sp³-hybridized carbons (Fsp3) is 0.350. The van der Waals surface area contributed by atoms with E-state index in [1.807, 2.05) is 0 Å². The van der Waals surface area contributed by atoms with Gasteiger partial charge >= 0.3 is 6.03 Å². The fourth-order valence-electron chi connectivity index (χ4n) is 2.77. The second-order valence-electron chi connectivity index (χ2n) is 5.97. The van der Waals surface area contributed by atoms with E-state index in [9.17, 15) is 4.79 Å². The molecule has 2 N–H and O–H groups in total. The monoisotopic (exact) mass is 358 g/mol. The molecule has 0 aromatic heterocycles. The topological polar surface area (TPSA) is 68.8 Å². The van der Waals surface area contributed by atoms with Crippen molar-refractivity contribution in [1.29, 1.82) is 0 Å². The molecule has 0 bridgehead atoms. The molecule has 140 valence electrons. The summed E-state index contributed by atoms with van der Waals surface area (Å²) in [6.07, 6.45) is 0.773. The Labute approximate surface area is 154 Å². The van der Waals surface area contributed by atoms with Gasteiger partial charge in [0.15, 0.2) is 11.5 Å². The Morgan fingerprint density at radius 3 is 2.15 bits per heavy atom. The third-order valence-electron chi connectivity index (χ3n) is 4.10. The second kappa shape index (κ2) is 8.99. The summed E-state index contributed by atoms with van der Waals surface area (Å²) >= 11 is 0. The van der Waals surface area contributed by atoms with Crippen molar-refractivity contribution < 1.29 is 19.0 Å². The van der Waals surface area contributed by atoms with Gasteiger partial charge in [-0.25, -0.2) is 4.79 Å². The van der Waals surface area contributed by atoms with E-state index < -0.39 is 0 Å². The van der Waals surface area contributed by atoms with Crippen LogP contribution in [0, 0.1) is 13.8 Å². The molecule has 0 atom stereocenters. The molecule has 0 aliphatic carbocycles. The zero-order chi connectivity index (χ0) is 19.1. The van der Waals surface area contributed by atoms with Gasteiger partial charge in [0.05, 0.1) is 27.0 Å². The fourth-order valence-corrected chi connectivity index (χ4v) is 2.77. The molecule has 2 aromatic carbocycles. The maximum absolute atomic E-state index is 12.2.